The van der Waals surface area contributed by atoms with Crippen molar-refractivity contribution in [1.82, 2.24) is 35.1 Å². The molecule has 0 saturated carbocycles. The predicted molar refractivity (Wildman–Crippen MR) is 255 cm³/mol. The van der Waals surface area contributed by atoms with Crippen LogP contribution in [0.25, 0.3) is 33.3 Å². The molecule has 0 radical (unpaired) electrons. The van der Waals surface area contributed by atoms with Crippen molar-refractivity contribution in [1.29, 1.82) is 5.26 Å². The summed E-state index contributed by atoms with van der Waals surface area (Å²) in [6.07, 6.45) is 10.5. The molecular formula is C51H66N8O7. The van der Waals surface area contributed by atoms with Gasteiger partial charge in [-0.2, -0.15) is 5.26 Å². The van der Waals surface area contributed by atoms with Gasteiger partial charge in [-0.05, 0) is 109 Å². The molecule has 4 aromatic rings. The Balaban J connectivity index is 0.000000809. The van der Waals surface area contributed by atoms with Gasteiger partial charge in [-0.15, -0.1) is 0 Å². The minimum Gasteiger partial charge on any atom is -0.508 e. The summed E-state index contributed by atoms with van der Waals surface area (Å²) >= 11 is 0. The van der Waals surface area contributed by atoms with E-state index in [1.807, 2.05) is 62.6 Å². The number of hydrogen-bond donors (Lipinski definition) is 4. The van der Waals surface area contributed by atoms with E-state index >= 15 is 0 Å². The van der Waals surface area contributed by atoms with E-state index in [4.69, 9.17) is 4.74 Å². The first-order chi connectivity index (χ1) is 31.6. The monoisotopic (exact) mass is 903 g/mol. The molecule has 0 spiro atoms. The van der Waals surface area contributed by atoms with E-state index in [1.165, 1.54) is 42.9 Å². The fraction of sp³-hybridized carbons (Fsp3) is 0.451. The number of phenols is 1. The Kier molecular flexibility index (Phi) is 17.7. The lowest BCUT2D eigenvalue weighted by Gasteiger charge is -2.33. The molecule has 2 aliphatic heterocycles. The molecule has 3 atom stereocenters. The number of rotatable bonds is 19. The molecule has 15 nitrogen and oxygen atoms in total. The number of nitriles is 1. The van der Waals surface area contributed by atoms with Crippen molar-refractivity contribution >= 4 is 35.6 Å². The van der Waals surface area contributed by atoms with Gasteiger partial charge in [0.2, 0.25) is 12.3 Å². The second kappa shape index (κ2) is 23.1. The van der Waals surface area contributed by atoms with E-state index in [0.29, 0.717) is 60.3 Å². The van der Waals surface area contributed by atoms with Gasteiger partial charge in [0.25, 0.3) is 12.4 Å². The highest BCUT2D eigenvalue weighted by molar-refractivity contribution is 5.96. The minimum atomic E-state index is -1.01. The minimum absolute atomic E-state index is 0.0383. The molecular weight excluding hydrogens is 837 g/mol. The lowest BCUT2D eigenvalue weighted by Crippen LogP contribution is -2.58. The maximum Gasteiger partial charge on any atom is 0.293 e. The predicted octanol–water partition coefficient (Wildman–Crippen LogP) is 6.44. The van der Waals surface area contributed by atoms with Crippen LogP contribution >= 0.6 is 0 Å². The first kappa shape index (κ1) is 50.5. The number of pyridine rings is 1. The maximum atomic E-state index is 14.0. The highest BCUT2D eigenvalue weighted by Crippen LogP contribution is 2.42. The lowest BCUT2D eigenvalue weighted by molar-refractivity contribution is -0.142. The standard InChI is InChI=1S/C43H53N7O7.C8H13N/c1-27(2)39(48(6)25-52)41(55)47-37(42(56)49-14-8-7-12-46-49)17-29-15-32(18-33(54)16-29)30-9-10-38-34(19-30)35(20-43(4,5)24-57-26-53)40(50(38)28(3)21-44)36-22-45-13-11-31(36)23-51;1-3-8(2)9-6-4-5-7-9/h9-11,13,15-16,18-19,22,25-28,37,39,46,51,54H,7-8,12,14,17,20,23-24H2,1-6H3,(H,47,55);3H,1-2,4-7H2. The summed E-state index contributed by atoms with van der Waals surface area (Å²) in [5, 5.41) is 37.0. The molecule has 0 aliphatic carbocycles. The fourth-order valence-electron chi connectivity index (χ4n) is 8.93. The summed E-state index contributed by atoms with van der Waals surface area (Å²) in [4.78, 5) is 58.5. The average molecular weight is 903 g/mol. The number of nitrogens with zero attached hydrogens (tertiary/aromatic N) is 6. The molecule has 2 aliphatic rings. The van der Waals surface area contributed by atoms with Gasteiger partial charge in [0.15, 0.2) is 0 Å². The van der Waals surface area contributed by atoms with Crippen LogP contribution in [0.5, 0.6) is 5.75 Å². The average Bonchev–Trinajstić information content (AvgIpc) is 3.97. The molecule has 4 heterocycles. The Bertz CT molecular complexity index is 2410. The molecule has 0 bridgehead atoms. The van der Waals surface area contributed by atoms with E-state index in [1.54, 1.807) is 37.5 Å². The third-order valence-electron chi connectivity index (χ3n) is 12.2. The summed E-state index contributed by atoms with van der Waals surface area (Å²) in [6.45, 7) is 20.7. The summed E-state index contributed by atoms with van der Waals surface area (Å²) in [5.74, 6) is -1.04. The number of hydrazine groups is 1. The Labute approximate surface area is 388 Å². The summed E-state index contributed by atoms with van der Waals surface area (Å²) in [6, 6.07) is 12.6. The van der Waals surface area contributed by atoms with Gasteiger partial charge in [0.1, 0.15) is 23.9 Å². The van der Waals surface area contributed by atoms with Gasteiger partial charge in [-0.3, -0.25) is 29.2 Å². The van der Waals surface area contributed by atoms with Gasteiger partial charge >= 0.3 is 0 Å². The molecule has 2 saturated heterocycles. The number of nitrogens with one attached hydrogen (secondary N) is 2. The third kappa shape index (κ3) is 12.2. The van der Waals surface area contributed by atoms with Crippen LogP contribution in [0.2, 0.25) is 0 Å². The number of carbonyl (C=O) groups excluding carboxylic acids is 4. The Hall–Kier alpha value is -6.50. The number of aromatic nitrogens is 2. The number of benzene rings is 2. The van der Waals surface area contributed by atoms with E-state index in [2.05, 4.69) is 39.9 Å². The highest BCUT2D eigenvalue weighted by atomic mass is 16.5. The number of aromatic hydroxyl groups is 1. The lowest BCUT2D eigenvalue weighted by atomic mass is 9.84. The van der Waals surface area contributed by atoms with Crippen molar-refractivity contribution in [3.8, 4) is 34.2 Å². The molecule has 3 unspecified atom stereocenters. The molecule has 352 valence electrons. The highest BCUT2D eigenvalue weighted by Gasteiger charge is 2.33. The van der Waals surface area contributed by atoms with E-state index in [-0.39, 0.29) is 37.2 Å². The number of likely N-dealkylation sites (N-methyl/N-ethyl adjacent to an activating group) is 1. The van der Waals surface area contributed by atoms with Crippen LogP contribution < -0.4 is 10.7 Å². The van der Waals surface area contributed by atoms with E-state index < -0.39 is 29.4 Å². The third-order valence-corrected chi connectivity index (χ3v) is 12.2. The van der Waals surface area contributed by atoms with Gasteiger partial charge in [-0.25, -0.2) is 5.43 Å². The van der Waals surface area contributed by atoms with Gasteiger partial charge in [0, 0.05) is 74.1 Å². The number of fused-ring (bicyclic) bond motifs is 1. The quantitative estimate of drug-likeness (QED) is 0.0598. The Morgan fingerprint density at radius 3 is 2.41 bits per heavy atom. The van der Waals surface area contributed by atoms with Gasteiger partial charge < -0.3 is 34.6 Å². The number of hydrogen-bond acceptors (Lipinski definition) is 11. The van der Waals surface area contributed by atoms with Gasteiger partial charge in [0.05, 0.1) is 30.5 Å². The van der Waals surface area contributed by atoms with Crippen molar-refractivity contribution in [3.05, 3.63) is 96.5 Å². The molecule has 2 aromatic carbocycles. The van der Waals surface area contributed by atoms with E-state index in [9.17, 15) is 34.7 Å². The number of phenolic OH excluding ortho intramolecular Hbond substituents is 1. The van der Waals surface area contributed by atoms with Crippen LogP contribution in [0.1, 0.15) is 83.0 Å². The Morgan fingerprint density at radius 2 is 1.79 bits per heavy atom. The van der Waals surface area contributed by atoms with Crippen molar-refractivity contribution < 1.29 is 34.1 Å². The normalized spacial score (nSPS) is 15.2. The van der Waals surface area contributed by atoms with Gasteiger partial charge in [-0.1, -0.05) is 53.0 Å². The summed E-state index contributed by atoms with van der Waals surface area (Å²) in [5.41, 5.74) is 9.29. The number of aliphatic hydroxyl groups excluding tert-OH is 1. The zero-order valence-electron chi connectivity index (χ0n) is 39.3. The number of amides is 3. The summed E-state index contributed by atoms with van der Waals surface area (Å²) in [7, 11) is 1.53. The topological polar surface area (TPSA) is 193 Å². The number of aliphatic hydroxyl groups is 1. The van der Waals surface area contributed by atoms with Crippen LogP contribution in [0.3, 0.4) is 0 Å². The molecule has 3 amide bonds. The number of likely N-dealkylation sites (tertiary alicyclic amines) is 1. The van der Waals surface area contributed by atoms with Crippen LogP contribution in [-0.2, 0) is 43.4 Å². The maximum absolute atomic E-state index is 14.0. The SMILES string of the molecule is C=CC(=C)N1CCCC1.CC(C)C(C(=O)NC(Cc1cc(O)cc(-c2ccc3c(c2)c(CC(C)(C)COC=O)c(-c2cnccc2CO)n3C(C)C#N)c1)C(=O)N1CCCCN1)N(C)C=O. The van der Waals surface area contributed by atoms with Crippen molar-refractivity contribution in [2.75, 3.05) is 39.8 Å². The van der Waals surface area contributed by atoms with Crippen molar-refractivity contribution in [2.24, 2.45) is 11.3 Å². The zero-order valence-corrected chi connectivity index (χ0v) is 39.3. The van der Waals surface area contributed by atoms with Crippen LogP contribution in [0.4, 0.5) is 0 Å². The number of ether oxygens (including phenoxy) is 1. The number of allylic oxidation sites excluding steroid dienone is 1. The van der Waals surface area contributed by atoms with Crippen molar-refractivity contribution in [3.63, 3.8) is 0 Å². The molecule has 4 N–H and O–H groups in total. The summed E-state index contributed by atoms with van der Waals surface area (Å²) < 4.78 is 7.17. The largest absolute Gasteiger partial charge is 0.508 e. The van der Waals surface area contributed by atoms with E-state index in [0.717, 1.165) is 40.6 Å². The molecule has 2 aromatic heterocycles. The van der Waals surface area contributed by atoms with Crippen LogP contribution in [0, 0.1) is 22.7 Å². The second-order valence-corrected chi connectivity index (χ2v) is 18.3. The Morgan fingerprint density at radius 1 is 1.06 bits per heavy atom. The first-order valence-corrected chi connectivity index (χ1v) is 22.7. The van der Waals surface area contributed by atoms with Crippen LogP contribution in [0.15, 0.2) is 79.8 Å². The van der Waals surface area contributed by atoms with Crippen molar-refractivity contribution in [2.45, 2.75) is 97.9 Å². The molecule has 15 heteroatoms. The second-order valence-electron chi connectivity index (χ2n) is 18.3. The fourth-order valence-corrected chi connectivity index (χ4v) is 8.93. The molecule has 6 rings (SSSR count). The van der Waals surface area contributed by atoms with Crippen LogP contribution in [-0.4, -0.2) is 111 Å². The zero-order chi connectivity index (χ0) is 48.1. The number of carbonyl (C=O) groups is 4. The molecule has 2 fully saturated rings. The first-order valence-electron chi connectivity index (χ1n) is 22.7. The smallest absolute Gasteiger partial charge is 0.293 e. The molecule has 66 heavy (non-hydrogen) atoms.